The number of aliphatic carboxylic acids is 1. The van der Waals surface area contributed by atoms with Crippen molar-refractivity contribution >= 4 is 17.6 Å². The molecule has 0 saturated carbocycles. The van der Waals surface area contributed by atoms with Crippen molar-refractivity contribution in [1.82, 2.24) is 0 Å². The lowest BCUT2D eigenvalue weighted by Gasteiger charge is -2.12. The number of benzene rings is 2. The van der Waals surface area contributed by atoms with Crippen LogP contribution >= 0.6 is 11.6 Å². The van der Waals surface area contributed by atoms with E-state index < -0.39 is 11.9 Å². The molecule has 0 aromatic heterocycles. The van der Waals surface area contributed by atoms with E-state index in [4.69, 9.17) is 11.6 Å². The second-order valence-corrected chi connectivity index (χ2v) is 5.61. The largest absolute Gasteiger partial charge is 0.481 e. The lowest BCUT2D eigenvalue weighted by molar-refractivity contribution is -0.139. The van der Waals surface area contributed by atoms with Gasteiger partial charge in [0.2, 0.25) is 0 Å². The summed E-state index contributed by atoms with van der Waals surface area (Å²) >= 11 is 5.84. The maximum Gasteiger partial charge on any atom is 0.310 e. The van der Waals surface area contributed by atoms with Crippen LogP contribution in [-0.2, 0) is 11.2 Å². The summed E-state index contributed by atoms with van der Waals surface area (Å²) in [7, 11) is 0. The van der Waals surface area contributed by atoms with Gasteiger partial charge >= 0.3 is 5.97 Å². The first kappa shape index (κ1) is 15.6. The fourth-order valence-corrected chi connectivity index (χ4v) is 2.58. The molecule has 0 fully saturated rings. The Morgan fingerprint density at radius 3 is 2.29 bits per heavy atom. The van der Waals surface area contributed by atoms with Crippen molar-refractivity contribution in [2.45, 2.75) is 31.6 Å². The summed E-state index contributed by atoms with van der Waals surface area (Å²) in [6.07, 6.45) is 3.55. The lowest BCUT2D eigenvalue weighted by atomic mass is 9.93. The first-order chi connectivity index (χ1) is 10.2. The number of hydrogen-bond donors (Lipinski definition) is 1. The average molecular weight is 303 g/mol. The zero-order valence-electron chi connectivity index (χ0n) is 11.8. The molecule has 0 radical (unpaired) electrons. The van der Waals surface area contributed by atoms with Crippen molar-refractivity contribution in [2.75, 3.05) is 0 Å². The molecule has 110 valence electrons. The first-order valence-corrected chi connectivity index (χ1v) is 7.57. The predicted molar refractivity (Wildman–Crippen MR) is 85.8 cm³/mol. The monoisotopic (exact) mass is 302 g/mol. The molecule has 1 N–H and O–H groups in total. The minimum absolute atomic E-state index is 0.446. The van der Waals surface area contributed by atoms with E-state index in [0.717, 1.165) is 24.8 Å². The molecule has 0 amide bonds. The predicted octanol–water partition coefficient (Wildman–Crippen LogP) is 4.92. The Kier molecular flexibility index (Phi) is 5.82. The molecule has 2 rings (SSSR count). The van der Waals surface area contributed by atoms with Gasteiger partial charge in [-0.3, -0.25) is 4.79 Å². The van der Waals surface area contributed by atoms with Crippen molar-refractivity contribution in [2.24, 2.45) is 0 Å². The molecular weight excluding hydrogens is 284 g/mol. The van der Waals surface area contributed by atoms with Crippen LogP contribution in [0.5, 0.6) is 0 Å². The third-order valence-electron chi connectivity index (χ3n) is 3.62. The molecule has 0 spiro atoms. The SMILES string of the molecule is O=C(O)C(CCCCc1ccccc1)c1ccc(Cl)cc1. The molecule has 2 nitrogen and oxygen atoms in total. The Balaban J connectivity index is 1.86. The molecular formula is C18H19ClO2. The zero-order valence-corrected chi connectivity index (χ0v) is 12.6. The van der Waals surface area contributed by atoms with Crippen LogP contribution in [0, 0.1) is 0 Å². The fraction of sp³-hybridized carbons (Fsp3) is 0.278. The number of aryl methyl sites for hydroxylation is 1. The van der Waals surface area contributed by atoms with E-state index in [9.17, 15) is 9.90 Å². The van der Waals surface area contributed by atoms with Gasteiger partial charge in [0.05, 0.1) is 5.92 Å². The highest BCUT2D eigenvalue weighted by Crippen LogP contribution is 2.24. The van der Waals surface area contributed by atoms with Crippen molar-refractivity contribution in [3.63, 3.8) is 0 Å². The summed E-state index contributed by atoms with van der Waals surface area (Å²) in [6, 6.07) is 17.4. The van der Waals surface area contributed by atoms with Gasteiger partial charge in [-0.2, -0.15) is 0 Å². The van der Waals surface area contributed by atoms with E-state index in [-0.39, 0.29) is 0 Å². The van der Waals surface area contributed by atoms with Gasteiger partial charge in [-0.15, -0.1) is 0 Å². The standard InChI is InChI=1S/C18H19ClO2/c19-16-12-10-15(11-13-16)17(18(20)21)9-5-4-8-14-6-2-1-3-7-14/h1-3,6-7,10-13,17H,4-5,8-9H2,(H,20,21). The molecule has 0 aliphatic heterocycles. The Morgan fingerprint density at radius 2 is 1.67 bits per heavy atom. The van der Waals surface area contributed by atoms with Crippen LogP contribution in [0.25, 0.3) is 0 Å². The highest BCUT2D eigenvalue weighted by atomic mass is 35.5. The van der Waals surface area contributed by atoms with Gasteiger partial charge in [0.1, 0.15) is 0 Å². The molecule has 0 aliphatic rings. The lowest BCUT2D eigenvalue weighted by Crippen LogP contribution is -2.11. The quantitative estimate of drug-likeness (QED) is 0.737. The van der Waals surface area contributed by atoms with Crippen LogP contribution < -0.4 is 0 Å². The Bertz CT molecular complexity index is 564. The van der Waals surface area contributed by atoms with Crippen LogP contribution in [-0.4, -0.2) is 11.1 Å². The van der Waals surface area contributed by atoms with Crippen LogP contribution in [0.2, 0.25) is 5.02 Å². The van der Waals surface area contributed by atoms with E-state index in [0.29, 0.717) is 11.4 Å². The van der Waals surface area contributed by atoms with Crippen LogP contribution in [0.4, 0.5) is 0 Å². The highest BCUT2D eigenvalue weighted by molar-refractivity contribution is 6.30. The number of carboxylic acid groups (broad SMARTS) is 1. The normalized spacial score (nSPS) is 12.0. The third-order valence-corrected chi connectivity index (χ3v) is 3.87. The second-order valence-electron chi connectivity index (χ2n) is 5.17. The summed E-state index contributed by atoms with van der Waals surface area (Å²) in [5, 5.41) is 10.0. The molecule has 3 heteroatoms. The Labute approximate surface area is 130 Å². The molecule has 0 bridgehead atoms. The Morgan fingerprint density at radius 1 is 1.00 bits per heavy atom. The zero-order chi connectivity index (χ0) is 15.1. The van der Waals surface area contributed by atoms with Gasteiger partial charge in [0.25, 0.3) is 0 Å². The molecule has 21 heavy (non-hydrogen) atoms. The van der Waals surface area contributed by atoms with Crippen molar-refractivity contribution in [3.8, 4) is 0 Å². The first-order valence-electron chi connectivity index (χ1n) is 7.19. The fourth-order valence-electron chi connectivity index (χ4n) is 2.45. The van der Waals surface area contributed by atoms with Gasteiger partial charge in [-0.25, -0.2) is 0 Å². The summed E-state index contributed by atoms with van der Waals surface area (Å²) < 4.78 is 0. The number of rotatable bonds is 7. The Hall–Kier alpha value is -1.80. The van der Waals surface area contributed by atoms with Crippen molar-refractivity contribution in [3.05, 3.63) is 70.7 Å². The molecule has 1 unspecified atom stereocenters. The number of unbranched alkanes of at least 4 members (excludes halogenated alkanes) is 1. The number of carbonyl (C=O) groups is 1. The topological polar surface area (TPSA) is 37.3 Å². The maximum absolute atomic E-state index is 11.4. The van der Waals surface area contributed by atoms with E-state index in [1.165, 1.54) is 5.56 Å². The van der Waals surface area contributed by atoms with Crippen LogP contribution in [0.1, 0.15) is 36.3 Å². The second kappa shape index (κ2) is 7.84. The van der Waals surface area contributed by atoms with Crippen LogP contribution in [0.3, 0.4) is 0 Å². The van der Waals surface area contributed by atoms with E-state index in [1.807, 2.05) is 18.2 Å². The summed E-state index contributed by atoms with van der Waals surface area (Å²) in [6.45, 7) is 0. The summed E-state index contributed by atoms with van der Waals surface area (Å²) in [4.78, 5) is 11.4. The summed E-state index contributed by atoms with van der Waals surface area (Å²) in [5.41, 5.74) is 2.13. The molecule has 1 atom stereocenters. The van der Waals surface area contributed by atoms with Crippen molar-refractivity contribution in [1.29, 1.82) is 0 Å². The number of hydrogen-bond acceptors (Lipinski definition) is 1. The smallest absolute Gasteiger partial charge is 0.310 e. The van der Waals surface area contributed by atoms with E-state index in [1.54, 1.807) is 24.3 Å². The van der Waals surface area contributed by atoms with E-state index >= 15 is 0 Å². The van der Waals surface area contributed by atoms with Gasteiger partial charge in [-0.1, -0.05) is 60.5 Å². The highest BCUT2D eigenvalue weighted by Gasteiger charge is 2.19. The third kappa shape index (κ3) is 4.91. The molecule has 0 heterocycles. The molecule has 0 saturated heterocycles. The van der Waals surface area contributed by atoms with Gasteiger partial charge in [0, 0.05) is 5.02 Å². The molecule has 2 aromatic rings. The van der Waals surface area contributed by atoms with Gasteiger partial charge in [0.15, 0.2) is 0 Å². The number of halogens is 1. The molecule has 0 aliphatic carbocycles. The van der Waals surface area contributed by atoms with Crippen LogP contribution in [0.15, 0.2) is 54.6 Å². The molecule has 2 aromatic carbocycles. The minimum Gasteiger partial charge on any atom is -0.481 e. The average Bonchev–Trinajstić information content (AvgIpc) is 2.49. The number of carboxylic acids is 1. The van der Waals surface area contributed by atoms with Crippen molar-refractivity contribution < 1.29 is 9.90 Å². The minimum atomic E-state index is -0.767. The maximum atomic E-state index is 11.4. The van der Waals surface area contributed by atoms with Gasteiger partial charge < -0.3 is 5.11 Å². The summed E-state index contributed by atoms with van der Waals surface area (Å²) in [5.74, 6) is -1.21. The van der Waals surface area contributed by atoms with E-state index in [2.05, 4.69) is 12.1 Å². The van der Waals surface area contributed by atoms with Gasteiger partial charge in [-0.05, 0) is 42.5 Å².